The van der Waals surface area contributed by atoms with Gasteiger partial charge in [-0.15, -0.1) is 0 Å². The number of hydrogen-bond acceptors (Lipinski definition) is 3. The van der Waals surface area contributed by atoms with Gasteiger partial charge in [0.15, 0.2) is 0 Å². The molecule has 1 aliphatic heterocycles. The van der Waals surface area contributed by atoms with Crippen LogP contribution in [0.2, 0.25) is 0 Å². The molecule has 1 aliphatic rings. The fraction of sp³-hybridized carbons (Fsp3) is 0.208. The number of nitrogens with zero attached hydrogens (tertiary/aromatic N) is 1. The van der Waals surface area contributed by atoms with Crippen molar-refractivity contribution < 1.29 is 9.53 Å². The number of amides is 1. The third-order valence-corrected chi connectivity index (χ3v) is 4.92. The Morgan fingerprint density at radius 2 is 1.54 bits per heavy atom. The van der Waals surface area contributed by atoms with Crippen LogP contribution in [0.1, 0.15) is 18.4 Å². The molecule has 1 amide bonds. The zero-order valence-corrected chi connectivity index (χ0v) is 15.8. The second kappa shape index (κ2) is 8.72. The molecule has 1 heterocycles. The second-order valence-electron chi connectivity index (χ2n) is 6.95. The minimum Gasteiger partial charge on any atom is -0.368 e. The summed E-state index contributed by atoms with van der Waals surface area (Å²) in [4.78, 5) is 14.5. The maximum Gasteiger partial charge on any atom is 0.253 e. The van der Waals surface area contributed by atoms with E-state index in [1.807, 2.05) is 48.5 Å². The third kappa shape index (κ3) is 4.41. The number of ether oxygens (including phenoxy) is 1. The summed E-state index contributed by atoms with van der Waals surface area (Å²) in [6, 6.07) is 28.7. The Kier molecular flexibility index (Phi) is 5.69. The van der Waals surface area contributed by atoms with Gasteiger partial charge < -0.3 is 15.0 Å². The number of nitrogens with one attached hydrogen (secondary N) is 1. The Morgan fingerprint density at radius 1 is 0.893 bits per heavy atom. The van der Waals surface area contributed by atoms with E-state index in [0.717, 1.165) is 36.4 Å². The Balaban J connectivity index is 1.53. The van der Waals surface area contributed by atoms with Crippen LogP contribution in [0, 0.1) is 0 Å². The quantitative estimate of drug-likeness (QED) is 0.651. The van der Waals surface area contributed by atoms with Gasteiger partial charge in [0.25, 0.3) is 5.91 Å². The topological polar surface area (TPSA) is 41.6 Å². The highest BCUT2D eigenvalue weighted by Crippen LogP contribution is 2.28. The van der Waals surface area contributed by atoms with E-state index in [4.69, 9.17) is 4.74 Å². The minimum atomic E-state index is -0.321. The van der Waals surface area contributed by atoms with Crippen LogP contribution in [-0.2, 0) is 16.1 Å². The summed E-state index contributed by atoms with van der Waals surface area (Å²) >= 11 is 0. The smallest absolute Gasteiger partial charge is 0.253 e. The predicted molar refractivity (Wildman–Crippen MR) is 113 cm³/mol. The summed E-state index contributed by atoms with van der Waals surface area (Å²) in [5.41, 5.74) is 4.23. The summed E-state index contributed by atoms with van der Waals surface area (Å²) < 4.78 is 5.45. The normalized spacial score (nSPS) is 15.9. The molecule has 0 aliphatic carbocycles. The van der Waals surface area contributed by atoms with Crippen LogP contribution < -0.4 is 10.2 Å². The molecule has 0 radical (unpaired) electrons. The zero-order chi connectivity index (χ0) is 19.2. The van der Waals surface area contributed by atoms with E-state index in [2.05, 4.69) is 46.6 Å². The molecule has 0 saturated carbocycles. The highest BCUT2D eigenvalue weighted by atomic mass is 16.5. The first-order chi connectivity index (χ1) is 13.8. The van der Waals surface area contributed by atoms with Crippen molar-refractivity contribution in [1.29, 1.82) is 0 Å². The highest BCUT2D eigenvalue weighted by molar-refractivity contribution is 5.94. The highest BCUT2D eigenvalue weighted by Gasteiger charge is 2.23. The molecular formula is C24H24N2O2. The number of carbonyl (C=O) groups excluding carboxylic acids is 1. The molecule has 0 bridgehead atoms. The second-order valence-corrected chi connectivity index (χ2v) is 6.95. The Labute approximate surface area is 165 Å². The Bertz CT molecular complexity index is 889. The van der Waals surface area contributed by atoms with Crippen LogP contribution in [-0.4, -0.2) is 18.6 Å². The molecule has 1 N–H and O–H groups in total. The van der Waals surface area contributed by atoms with E-state index in [-0.39, 0.29) is 12.0 Å². The molecule has 1 atom stereocenters. The summed E-state index contributed by atoms with van der Waals surface area (Å²) in [7, 11) is 0. The number of hydrogen-bond donors (Lipinski definition) is 1. The Morgan fingerprint density at radius 3 is 2.18 bits per heavy atom. The molecule has 1 fully saturated rings. The van der Waals surface area contributed by atoms with Gasteiger partial charge in [0.1, 0.15) is 6.10 Å². The lowest BCUT2D eigenvalue weighted by Crippen LogP contribution is -2.26. The van der Waals surface area contributed by atoms with Crippen LogP contribution in [0.25, 0.3) is 0 Å². The maximum atomic E-state index is 12.2. The first kappa shape index (κ1) is 18.3. The molecule has 4 heteroatoms. The Hall–Kier alpha value is -3.11. The summed E-state index contributed by atoms with van der Waals surface area (Å²) in [6.07, 6.45) is 1.42. The summed E-state index contributed by atoms with van der Waals surface area (Å²) in [5, 5.41) is 2.96. The van der Waals surface area contributed by atoms with Gasteiger partial charge >= 0.3 is 0 Å². The molecule has 142 valence electrons. The number of anilines is 3. The van der Waals surface area contributed by atoms with Crippen LogP contribution in [0.4, 0.5) is 17.1 Å². The van der Waals surface area contributed by atoms with Gasteiger partial charge in [-0.1, -0.05) is 48.5 Å². The van der Waals surface area contributed by atoms with Gasteiger partial charge in [-0.05, 0) is 54.8 Å². The van der Waals surface area contributed by atoms with Crippen molar-refractivity contribution in [1.82, 2.24) is 0 Å². The van der Waals surface area contributed by atoms with Gasteiger partial charge in [0.2, 0.25) is 0 Å². The standard InChI is InChI=1S/C24H24N2O2/c27-24(23-12-7-17-28-23)25-20-13-15-22(16-14-20)26(21-10-5-2-6-11-21)18-19-8-3-1-4-9-19/h1-6,8-11,13-16,23H,7,12,17-18H2,(H,25,27). The van der Waals surface area contributed by atoms with Crippen molar-refractivity contribution in [3.05, 3.63) is 90.5 Å². The number of rotatable bonds is 6. The van der Waals surface area contributed by atoms with Crippen LogP contribution >= 0.6 is 0 Å². The van der Waals surface area contributed by atoms with Crippen molar-refractivity contribution >= 4 is 23.0 Å². The van der Waals surface area contributed by atoms with Crippen molar-refractivity contribution in [3.8, 4) is 0 Å². The first-order valence-electron chi connectivity index (χ1n) is 9.69. The predicted octanol–water partition coefficient (Wildman–Crippen LogP) is 5.14. The van der Waals surface area contributed by atoms with Crippen molar-refractivity contribution in [3.63, 3.8) is 0 Å². The largest absolute Gasteiger partial charge is 0.368 e. The van der Waals surface area contributed by atoms with E-state index in [1.165, 1.54) is 5.56 Å². The van der Waals surface area contributed by atoms with E-state index in [1.54, 1.807) is 0 Å². The van der Waals surface area contributed by atoms with Gasteiger partial charge in [-0.2, -0.15) is 0 Å². The molecule has 28 heavy (non-hydrogen) atoms. The maximum absolute atomic E-state index is 12.2. The van der Waals surface area contributed by atoms with Gasteiger partial charge in [-0.25, -0.2) is 0 Å². The average molecular weight is 372 g/mol. The summed E-state index contributed by atoms with van der Waals surface area (Å²) in [5.74, 6) is -0.0607. The molecule has 3 aromatic carbocycles. The molecule has 1 saturated heterocycles. The lowest BCUT2D eigenvalue weighted by molar-refractivity contribution is -0.124. The molecule has 3 aromatic rings. The van der Waals surface area contributed by atoms with E-state index >= 15 is 0 Å². The third-order valence-electron chi connectivity index (χ3n) is 4.92. The number of para-hydroxylation sites is 1. The monoisotopic (exact) mass is 372 g/mol. The lowest BCUT2D eigenvalue weighted by atomic mass is 10.1. The molecule has 4 rings (SSSR count). The number of carbonyl (C=O) groups is 1. The average Bonchev–Trinajstić information content (AvgIpc) is 3.29. The van der Waals surface area contributed by atoms with E-state index < -0.39 is 0 Å². The number of benzene rings is 3. The first-order valence-corrected chi connectivity index (χ1v) is 9.69. The SMILES string of the molecule is O=C(Nc1ccc(N(Cc2ccccc2)c2ccccc2)cc1)C1CCCO1. The fourth-order valence-electron chi connectivity index (χ4n) is 3.44. The molecule has 0 aromatic heterocycles. The molecule has 4 nitrogen and oxygen atoms in total. The van der Waals surface area contributed by atoms with Crippen molar-refractivity contribution in [2.45, 2.75) is 25.5 Å². The summed E-state index contributed by atoms with van der Waals surface area (Å²) in [6.45, 7) is 1.44. The van der Waals surface area contributed by atoms with Gasteiger partial charge in [-0.3, -0.25) is 4.79 Å². The van der Waals surface area contributed by atoms with Crippen LogP contribution in [0.3, 0.4) is 0 Å². The fourth-order valence-corrected chi connectivity index (χ4v) is 3.44. The van der Waals surface area contributed by atoms with E-state index in [0.29, 0.717) is 6.61 Å². The van der Waals surface area contributed by atoms with Crippen LogP contribution in [0.5, 0.6) is 0 Å². The van der Waals surface area contributed by atoms with Gasteiger partial charge in [0, 0.05) is 30.2 Å². The van der Waals surface area contributed by atoms with E-state index in [9.17, 15) is 4.79 Å². The van der Waals surface area contributed by atoms with Gasteiger partial charge in [0.05, 0.1) is 0 Å². The van der Waals surface area contributed by atoms with Crippen molar-refractivity contribution in [2.75, 3.05) is 16.8 Å². The van der Waals surface area contributed by atoms with Crippen molar-refractivity contribution in [2.24, 2.45) is 0 Å². The zero-order valence-electron chi connectivity index (χ0n) is 15.8. The van der Waals surface area contributed by atoms with Crippen LogP contribution in [0.15, 0.2) is 84.9 Å². The minimum absolute atomic E-state index is 0.0607. The molecule has 1 unspecified atom stereocenters. The molecule has 0 spiro atoms. The lowest BCUT2D eigenvalue weighted by Gasteiger charge is -2.25. The molecular weight excluding hydrogens is 348 g/mol.